The number of hydrogen-bond donors (Lipinski definition) is 0. The van der Waals surface area contributed by atoms with Gasteiger partial charge in [-0.2, -0.15) is 13.2 Å². The van der Waals surface area contributed by atoms with E-state index in [0.29, 0.717) is 75.6 Å². The Morgan fingerprint density at radius 2 is 1.94 bits per heavy atom. The topological polar surface area (TPSA) is 79.4 Å². The zero-order valence-electron chi connectivity index (χ0n) is 19.1. The van der Waals surface area contributed by atoms with Gasteiger partial charge in [-0.15, -0.1) is 0 Å². The number of morpholine rings is 1. The zero-order chi connectivity index (χ0) is 25.3. The first kappa shape index (κ1) is 26.8. The fourth-order valence-corrected chi connectivity index (χ4v) is 3.39. The van der Waals surface area contributed by atoms with Gasteiger partial charge in [-0.1, -0.05) is 17.7 Å². The van der Waals surface area contributed by atoms with Crippen molar-refractivity contribution in [2.75, 3.05) is 53.2 Å². The maximum absolute atomic E-state index is 12.9. The number of amides is 1. The predicted molar refractivity (Wildman–Crippen MR) is 120 cm³/mol. The summed E-state index contributed by atoms with van der Waals surface area (Å²) < 4.78 is 65.7. The van der Waals surface area contributed by atoms with Gasteiger partial charge in [0.1, 0.15) is 23.1 Å². The van der Waals surface area contributed by atoms with Gasteiger partial charge in [-0.05, 0) is 30.5 Å². The van der Waals surface area contributed by atoms with Crippen LogP contribution in [0, 0.1) is 0 Å². The van der Waals surface area contributed by atoms with E-state index in [2.05, 4.69) is 4.98 Å². The summed E-state index contributed by atoms with van der Waals surface area (Å²) in [5, 5.41) is -0.282. The van der Waals surface area contributed by atoms with Crippen LogP contribution in [0.15, 0.2) is 30.5 Å². The molecule has 1 aliphatic rings. The smallest absolute Gasteiger partial charge is 0.417 e. The molecule has 1 amide bonds. The Labute approximate surface area is 205 Å². The van der Waals surface area contributed by atoms with Crippen molar-refractivity contribution < 1.29 is 41.7 Å². The van der Waals surface area contributed by atoms with Gasteiger partial charge in [0.25, 0.3) is 0 Å². The van der Waals surface area contributed by atoms with Crippen molar-refractivity contribution in [2.24, 2.45) is 0 Å². The molecule has 1 fully saturated rings. The molecule has 1 aliphatic heterocycles. The Bertz CT molecular complexity index is 986. The molecule has 2 heterocycles. The largest absolute Gasteiger partial charge is 0.491 e. The molecule has 2 aromatic rings. The maximum Gasteiger partial charge on any atom is 0.417 e. The second-order valence-corrected chi connectivity index (χ2v) is 7.95. The highest BCUT2D eigenvalue weighted by Crippen LogP contribution is 2.36. The lowest BCUT2D eigenvalue weighted by molar-refractivity contribution is -0.137. The minimum Gasteiger partial charge on any atom is -0.491 e. The van der Waals surface area contributed by atoms with Gasteiger partial charge in [0.05, 0.1) is 32.0 Å². The normalized spacial score (nSPS) is 14.0. The number of aromatic nitrogens is 1. The molecule has 0 spiro atoms. The molecular formula is C23H26ClF3N2O6. The monoisotopic (exact) mass is 518 g/mol. The molecular weight excluding hydrogens is 493 g/mol. The summed E-state index contributed by atoms with van der Waals surface area (Å²) in [6, 6.07) is 5.85. The minimum absolute atomic E-state index is 0.172. The number of benzene rings is 1. The SMILES string of the molecule is COCCOc1ccc(CCCOC(=O)N2CCOCC2)c(Oc2ncc(C(F)(F)F)cc2Cl)c1. The third kappa shape index (κ3) is 8.15. The van der Waals surface area contributed by atoms with Crippen molar-refractivity contribution >= 4 is 17.7 Å². The number of aryl methyl sites for hydroxylation is 1. The van der Waals surface area contributed by atoms with Crippen molar-refractivity contribution in [2.45, 2.75) is 19.0 Å². The van der Waals surface area contributed by atoms with Crippen LogP contribution in [0.4, 0.5) is 18.0 Å². The Morgan fingerprint density at radius 3 is 2.63 bits per heavy atom. The maximum atomic E-state index is 12.9. The molecule has 0 N–H and O–H groups in total. The second-order valence-electron chi connectivity index (χ2n) is 7.54. The zero-order valence-corrected chi connectivity index (χ0v) is 19.9. The summed E-state index contributed by atoms with van der Waals surface area (Å²) >= 11 is 6.01. The third-order valence-electron chi connectivity index (χ3n) is 5.02. The van der Waals surface area contributed by atoms with E-state index in [4.69, 9.17) is 35.3 Å². The van der Waals surface area contributed by atoms with Crippen LogP contribution in [0.5, 0.6) is 17.4 Å². The minimum atomic E-state index is -4.58. The van der Waals surface area contributed by atoms with Crippen LogP contribution in [0.3, 0.4) is 0 Å². The van der Waals surface area contributed by atoms with Crippen LogP contribution in [-0.2, 0) is 26.8 Å². The third-order valence-corrected chi connectivity index (χ3v) is 5.29. The molecule has 1 saturated heterocycles. The van der Waals surface area contributed by atoms with Crippen molar-refractivity contribution in [3.05, 3.63) is 46.6 Å². The number of carbonyl (C=O) groups is 1. The van der Waals surface area contributed by atoms with E-state index in [1.807, 2.05) is 0 Å². The van der Waals surface area contributed by atoms with Gasteiger partial charge >= 0.3 is 12.3 Å². The number of pyridine rings is 1. The first-order valence-corrected chi connectivity index (χ1v) is 11.3. The van der Waals surface area contributed by atoms with E-state index in [1.165, 1.54) is 0 Å². The number of alkyl halides is 3. The van der Waals surface area contributed by atoms with Gasteiger partial charge in [0, 0.05) is 32.5 Å². The van der Waals surface area contributed by atoms with E-state index < -0.39 is 17.8 Å². The van der Waals surface area contributed by atoms with Gasteiger partial charge in [0.15, 0.2) is 0 Å². The van der Waals surface area contributed by atoms with Gasteiger partial charge in [-0.25, -0.2) is 9.78 Å². The van der Waals surface area contributed by atoms with Crippen molar-refractivity contribution in [1.82, 2.24) is 9.88 Å². The first-order chi connectivity index (χ1) is 16.8. The highest BCUT2D eigenvalue weighted by Gasteiger charge is 2.32. The number of methoxy groups -OCH3 is 1. The lowest BCUT2D eigenvalue weighted by Gasteiger charge is -2.25. The number of carbonyl (C=O) groups excluding carboxylic acids is 1. The molecule has 3 rings (SSSR count). The average Bonchev–Trinajstić information content (AvgIpc) is 2.84. The van der Waals surface area contributed by atoms with Crippen LogP contribution < -0.4 is 9.47 Å². The number of ether oxygens (including phenoxy) is 5. The highest BCUT2D eigenvalue weighted by atomic mass is 35.5. The number of hydrogen-bond acceptors (Lipinski definition) is 7. The van der Waals surface area contributed by atoms with Crippen LogP contribution in [0.2, 0.25) is 5.02 Å². The molecule has 0 saturated carbocycles. The molecule has 1 aromatic carbocycles. The fraction of sp³-hybridized carbons (Fsp3) is 0.478. The average molecular weight is 519 g/mol. The van der Waals surface area contributed by atoms with Gasteiger partial charge in [0.2, 0.25) is 5.88 Å². The molecule has 8 nitrogen and oxygen atoms in total. The van der Waals surface area contributed by atoms with Crippen LogP contribution >= 0.6 is 11.6 Å². The Balaban J connectivity index is 1.68. The van der Waals surface area contributed by atoms with Crippen LogP contribution in [0.1, 0.15) is 17.5 Å². The van der Waals surface area contributed by atoms with E-state index in [9.17, 15) is 18.0 Å². The van der Waals surface area contributed by atoms with Crippen molar-refractivity contribution in [1.29, 1.82) is 0 Å². The first-order valence-electron chi connectivity index (χ1n) is 10.9. The molecule has 0 unspecified atom stereocenters. The Hall–Kier alpha value is -2.76. The summed E-state index contributed by atoms with van der Waals surface area (Å²) in [5.41, 5.74) is -0.266. The van der Waals surface area contributed by atoms with Crippen molar-refractivity contribution in [3.8, 4) is 17.4 Å². The standard InChI is InChI=1S/C23H26ClF3N2O6/c1-31-11-12-33-18-5-4-16(3-2-8-34-22(30)29-6-9-32-10-7-29)20(14-18)35-21-19(24)13-17(15-28-21)23(25,26)27/h4-5,13-15H,2-3,6-12H2,1H3. The summed E-state index contributed by atoms with van der Waals surface area (Å²) in [6.45, 7) is 2.79. The molecule has 0 atom stereocenters. The molecule has 12 heteroatoms. The van der Waals surface area contributed by atoms with Crippen molar-refractivity contribution in [3.63, 3.8) is 0 Å². The molecule has 35 heavy (non-hydrogen) atoms. The van der Waals surface area contributed by atoms with Gasteiger partial charge in [-0.3, -0.25) is 0 Å². The molecule has 192 valence electrons. The fourth-order valence-electron chi connectivity index (χ4n) is 3.19. The van der Waals surface area contributed by atoms with Crippen LogP contribution in [0.25, 0.3) is 0 Å². The van der Waals surface area contributed by atoms with Gasteiger partial charge < -0.3 is 28.6 Å². The number of nitrogens with zero attached hydrogens (tertiary/aromatic N) is 2. The predicted octanol–water partition coefficient (Wildman–Crippen LogP) is 4.97. The number of rotatable bonds is 10. The molecule has 0 aliphatic carbocycles. The summed E-state index contributed by atoms with van der Waals surface area (Å²) in [6.07, 6.45) is -3.36. The summed E-state index contributed by atoms with van der Waals surface area (Å²) in [4.78, 5) is 17.4. The lowest BCUT2D eigenvalue weighted by Crippen LogP contribution is -2.41. The van der Waals surface area contributed by atoms with E-state index >= 15 is 0 Å². The molecule has 0 radical (unpaired) electrons. The van der Waals surface area contributed by atoms with Crippen LogP contribution in [-0.4, -0.2) is 69.2 Å². The summed E-state index contributed by atoms with van der Waals surface area (Å²) in [5.74, 6) is 0.616. The van der Waals surface area contributed by atoms with E-state index in [0.717, 1.165) is 6.07 Å². The lowest BCUT2D eigenvalue weighted by atomic mass is 10.1. The Morgan fingerprint density at radius 1 is 1.17 bits per heavy atom. The molecule has 0 bridgehead atoms. The van der Waals surface area contributed by atoms with E-state index in [-0.39, 0.29) is 17.5 Å². The number of halogens is 4. The second kappa shape index (κ2) is 12.8. The molecule has 1 aromatic heterocycles. The quantitative estimate of drug-likeness (QED) is 0.411. The highest BCUT2D eigenvalue weighted by molar-refractivity contribution is 6.31. The van der Waals surface area contributed by atoms with E-state index in [1.54, 1.807) is 30.2 Å². The Kier molecular flexibility index (Phi) is 9.82. The summed E-state index contributed by atoms with van der Waals surface area (Å²) in [7, 11) is 1.55.